The number of aromatic nitrogens is 3. The predicted molar refractivity (Wildman–Crippen MR) is 124 cm³/mol. The van der Waals surface area contributed by atoms with Crippen LogP contribution in [-0.4, -0.2) is 72.3 Å². The number of ether oxygens (including phenoxy) is 4. The molecule has 11 heteroatoms. The largest absolute Gasteiger partial charge is 0.528 e. The topological polar surface area (TPSA) is 117 Å². The van der Waals surface area contributed by atoms with Gasteiger partial charge in [0.05, 0.1) is 31.2 Å². The van der Waals surface area contributed by atoms with Crippen LogP contribution in [0.1, 0.15) is 38.1 Å². The summed E-state index contributed by atoms with van der Waals surface area (Å²) in [5.74, 6) is 1.24. The number of hydroxylamine groups is 2. The van der Waals surface area contributed by atoms with Crippen LogP contribution < -0.4 is 14.8 Å². The molecule has 0 saturated carbocycles. The first-order chi connectivity index (χ1) is 16.4. The molecule has 1 fully saturated rings. The number of carbonyl (C=O) groups excluding carboxylic acids is 1. The van der Waals surface area contributed by atoms with Crippen molar-refractivity contribution < 1.29 is 28.6 Å². The molecule has 3 heterocycles. The third kappa shape index (κ3) is 7.16. The smallest absolute Gasteiger partial charge is 0.489 e. The van der Waals surface area contributed by atoms with Crippen LogP contribution in [0.15, 0.2) is 18.5 Å². The van der Waals surface area contributed by atoms with Crippen LogP contribution in [-0.2, 0) is 20.7 Å². The number of rotatable bonds is 10. The Bertz CT molecular complexity index is 949. The molecule has 186 valence electrons. The standard InChI is InChI=1S/C23H33N5O6/c1-15(2)32-23(29)34-28-11-8-18(9-12-28)33-22-20(31-5)21(24-14-25-22)27-19-7-6-17(10-13-30-4)26-16(19)3/h6-7,14-15,18H,8-13H2,1-5H3,(H,24,25,27). The van der Waals surface area contributed by atoms with E-state index in [0.717, 1.165) is 23.5 Å². The van der Waals surface area contributed by atoms with Crippen molar-refractivity contribution in [1.82, 2.24) is 20.0 Å². The Labute approximate surface area is 199 Å². The minimum absolute atomic E-state index is 0.110. The molecule has 1 saturated heterocycles. The van der Waals surface area contributed by atoms with Crippen molar-refractivity contribution in [3.05, 3.63) is 29.8 Å². The third-order valence-electron chi connectivity index (χ3n) is 5.15. The van der Waals surface area contributed by atoms with Gasteiger partial charge in [-0.25, -0.2) is 9.78 Å². The summed E-state index contributed by atoms with van der Waals surface area (Å²) in [4.78, 5) is 30.1. The summed E-state index contributed by atoms with van der Waals surface area (Å²) in [5, 5.41) is 4.85. The number of hydrogen-bond donors (Lipinski definition) is 1. The summed E-state index contributed by atoms with van der Waals surface area (Å²) in [7, 11) is 3.22. The molecule has 34 heavy (non-hydrogen) atoms. The molecule has 1 aliphatic rings. The second kappa shape index (κ2) is 12.3. The first-order valence-corrected chi connectivity index (χ1v) is 11.3. The number of methoxy groups -OCH3 is 2. The van der Waals surface area contributed by atoms with E-state index in [-0.39, 0.29) is 12.2 Å². The van der Waals surface area contributed by atoms with Crippen LogP contribution in [0, 0.1) is 6.92 Å². The van der Waals surface area contributed by atoms with Crippen molar-refractivity contribution in [2.24, 2.45) is 0 Å². The van der Waals surface area contributed by atoms with E-state index in [9.17, 15) is 4.79 Å². The zero-order valence-electron chi connectivity index (χ0n) is 20.4. The molecule has 0 radical (unpaired) electrons. The number of pyridine rings is 1. The van der Waals surface area contributed by atoms with Crippen LogP contribution in [0.25, 0.3) is 0 Å². The molecule has 3 rings (SSSR count). The van der Waals surface area contributed by atoms with E-state index in [0.29, 0.717) is 50.0 Å². The summed E-state index contributed by atoms with van der Waals surface area (Å²) in [5.41, 5.74) is 2.60. The fraction of sp³-hybridized carbons (Fsp3) is 0.565. The Balaban J connectivity index is 1.62. The maximum absolute atomic E-state index is 11.7. The Kier molecular flexibility index (Phi) is 9.23. The van der Waals surface area contributed by atoms with Crippen LogP contribution in [0.4, 0.5) is 16.3 Å². The Hall–Kier alpha value is -3.18. The highest BCUT2D eigenvalue weighted by atomic mass is 16.8. The number of nitrogens with zero attached hydrogens (tertiary/aromatic N) is 4. The van der Waals surface area contributed by atoms with E-state index in [1.807, 2.05) is 19.1 Å². The highest BCUT2D eigenvalue weighted by Crippen LogP contribution is 2.35. The SMILES string of the molecule is COCCc1ccc(Nc2ncnc(OC3CCN(OC(=O)OC(C)C)CC3)c2OC)c(C)n1. The average molecular weight is 476 g/mol. The molecule has 2 aromatic heterocycles. The molecule has 11 nitrogen and oxygen atoms in total. The lowest BCUT2D eigenvalue weighted by Crippen LogP contribution is -2.40. The van der Waals surface area contributed by atoms with E-state index in [2.05, 4.69) is 20.3 Å². The number of piperidine rings is 1. The fourth-order valence-electron chi connectivity index (χ4n) is 3.45. The lowest BCUT2D eigenvalue weighted by molar-refractivity contribution is -0.151. The average Bonchev–Trinajstić information content (AvgIpc) is 2.80. The number of hydrogen-bond acceptors (Lipinski definition) is 11. The quantitative estimate of drug-likeness (QED) is 0.509. The molecule has 0 spiro atoms. The summed E-state index contributed by atoms with van der Waals surface area (Å²) in [6.45, 7) is 7.14. The van der Waals surface area contributed by atoms with Crippen LogP contribution in [0.5, 0.6) is 11.6 Å². The van der Waals surface area contributed by atoms with Crippen molar-refractivity contribution in [3.63, 3.8) is 0 Å². The van der Waals surface area contributed by atoms with E-state index >= 15 is 0 Å². The van der Waals surface area contributed by atoms with E-state index < -0.39 is 6.16 Å². The third-order valence-corrected chi connectivity index (χ3v) is 5.15. The molecule has 0 bridgehead atoms. The van der Waals surface area contributed by atoms with Crippen LogP contribution >= 0.6 is 0 Å². The molecular weight excluding hydrogens is 442 g/mol. The second-order valence-electron chi connectivity index (χ2n) is 8.12. The minimum Gasteiger partial charge on any atom is -0.489 e. The van der Waals surface area contributed by atoms with E-state index in [4.69, 9.17) is 23.8 Å². The maximum atomic E-state index is 11.7. The Morgan fingerprint density at radius 1 is 1.21 bits per heavy atom. The normalized spacial score (nSPS) is 14.6. The van der Waals surface area contributed by atoms with Gasteiger partial charge >= 0.3 is 6.16 Å². The van der Waals surface area contributed by atoms with Gasteiger partial charge < -0.3 is 29.1 Å². The zero-order chi connectivity index (χ0) is 24.5. The van der Waals surface area contributed by atoms with E-state index in [1.165, 1.54) is 6.33 Å². The monoisotopic (exact) mass is 475 g/mol. The van der Waals surface area contributed by atoms with Crippen LogP contribution in [0.3, 0.4) is 0 Å². The van der Waals surface area contributed by atoms with Crippen molar-refractivity contribution >= 4 is 17.7 Å². The molecule has 0 aromatic carbocycles. The van der Waals surface area contributed by atoms with Crippen molar-refractivity contribution in [2.45, 2.75) is 52.2 Å². The van der Waals surface area contributed by atoms with Gasteiger partial charge in [-0.1, -0.05) is 0 Å². The van der Waals surface area contributed by atoms with Gasteiger partial charge in [0.15, 0.2) is 5.82 Å². The molecule has 0 aliphatic carbocycles. The first-order valence-electron chi connectivity index (χ1n) is 11.3. The van der Waals surface area contributed by atoms with Crippen LogP contribution in [0.2, 0.25) is 0 Å². The fourth-order valence-corrected chi connectivity index (χ4v) is 3.45. The number of aryl methyl sites for hydroxylation is 1. The number of anilines is 2. The van der Waals surface area contributed by atoms with Crippen molar-refractivity contribution in [1.29, 1.82) is 0 Å². The summed E-state index contributed by atoms with van der Waals surface area (Å²) in [6, 6.07) is 3.90. The Morgan fingerprint density at radius 2 is 1.97 bits per heavy atom. The number of nitrogens with one attached hydrogen (secondary N) is 1. The molecule has 0 unspecified atom stereocenters. The summed E-state index contributed by atoms with van der Waals surface area (Å²) >= 11 is 0. The van der Waals surface area contributed by atoms with Gasteiger partial charge in [0.2, 0.25) is 5.75 Å². The van der Waals surface area contributed by atoms with Gasteiger partial charge in [-0.15, -0.1) is 5.06 Å². The minimum atomic E-state index is -0.695. The first kappa shape index (κ1) is 25.4. The van der Waals surface area contributed by atoms with Gasteiger partial charge in [-0.2, -0.15) is 4.98 Å². The van der Waals surface area contributed by atoms with Gasteiger partial charge in [-0.05, 0) is 32.9 Å². The second-order valence-corrected chi connectivity index (χ2v) is 8.12. The Morgan fingerprint density at radius 3 is 2.62 bits per heavy atom. The van der Waals surface area contributed by atoms with Crippen molar-refractivity contribution in [2.75, 3.05) is 39.2 Å². The van der Waals surface area contributed by atoms with Gasteiger partial charge in [-0.3, -0.25) is 4.98 Å². The molecule has 1 N–H and O–H groups in total. The number of carbonyl (C=O) groups is 1. The summed E-state index contributed by atoms with van der Waals surface area (Å²) in [6.07, 6.45) is 2.44. The molecule has 1 aliphatic heterocycles. The van der Waals surface area contributed by atoms with Gasteiger partial charge in [0.1, 0.15) is 12.4 Å². The molecule has 0 amide bonds. The van der Waals surface area contributed by atoms with E-state index in [1.54, 1.807) is 33.1 Å². The predicted octanol–water partition coefficient (Wildman–Crippen LogP) is 3.44. The molecular formula is C23H33N5O6. The maximum Gasteiger partial charge on any atom is 0.528 e. The molecule has 0 atom stereocenters. The lowest BCUT2D eigenvalue weighted by Gasteiger charge is -2.30. The highest BCUT2D eigenvalue weighted by Gasteiger charge is 2.26. The molecule has 2 aromatic rings. The van der Waals surface area contributed by atoms with Gasteiger partial charge in [0, 0.05) is 45.2 Å². The highest BCUT2D eigenvalue weighted by molar-refractivity contribution is 5.66. The van der Waals surface area contributed by atoms with Gasteiger partial charge in [0.25, 0.3) is 5.88 Å². The zero-order valence-corrected chi connectivity index (χ0v) is 20.4. The summed E-state index contributed by atoms with van der Waals surface area (Å²) < 4.78 is 21.8. The van der Waals surface area contributed by atoms with Crippen molar-refractivity contribution in [3.8, 4) is 11.6 Å². The lowest BCUT2D eigenvalue weighted by atomic mass is 10.1.